The summed E-state index contributed by atoms with van der Waals surface area (Å²) < 4.78 is 1.50. The SMILES string of the molecule is C=CCn1c(SCC(=O)N(CCC#N)c2ccc(C)c(C)c2)nc2cc(Cl)ccc2c1=O. The molecule has 1 heterocycles. The summed E-state index contributed by atoms with van der Waals surface area (Å²) in [4.78, 5) is 32.3. The van der Waals surface area contributed by atoms with Crippen molar-refractivity contribution in [2.24, 2.45) is 0 Å². The fraction of sp³-hybridized carbons (Fsp3) is 0.250. The molecule has 0 N–H and O–H groups in total. The molecule has 0 aliphatic rings. The molecule has 0 saturated heterocycles. The van der Waals surface area contributed by atoms with Crippen LogP contribution in [0.1, 0.15) is 17.5 Å². The van der Waals surface area contributed by atoms with E-state index in [1.165, 1.54) is 16.3 Å². The van der Waals surface area contributed by atoms with Crippen molar-refractivity contribution in [2.75, 3.05) is 17.2 Å². The zero-order chi connectivity index (χ0) is 23.3. The Bertz CT molecular complexity index is 1280. The largest absolute Gasteiger partial charge is 0.311 e. The van der Waals surface area contributed by atoms with Crippen LogP contribution in [0.4, 0.5) is 5.69 Å². The predicted molar refractivity (Wildman–Crippen MR) is 130 cm³/mol. The van der Waals surface area contributed by atoms with Gasteiger partial charge in [-0.05, 0) is 55.3 Å². The summed E-state index contributed by atoms with van der Waals surface area (Å²) in [5.74, 6) is -0.104. The van der Waals surface area contributed by atoms with Gasteiger partial charge in [-0.3, -0.25) is 14.2 Å². The lowest BCUT2D eigenvalue weighted by atomic mass is 10.1. The van der Waals surface area contributed by atoms with Crippen LogP contribution in [0, 0.1) is 25.2 Å². The maximum absolute atomic E-state index is 13.1. The number of anilines is 1. The number of amides is 1. The van der Waals surface area contributed by atoms with Gasteiger partial charge in [0.05, 0.1) is 29.1 Å². The van der Waals surface area contributed by atoms with Crippen LogP contribution in [0.25, 0.3) is 10.9 Å². The highest BCUT2D eigenvalue weighted by Gasteiger charge is 2.19. The van der Waals surface area contributed by atoms with E-state index in [1.807, 2.05) is 32.0 Å². The van der Waals surface area contributed by atoms with Crippen molar-refractivity contribution < 1.29 is 4.79 Å². The van der Waals surface area contributed by atoms with E-state index < -0.39 is 0 Å². The lowest BCUT2D eigenvalue weighted by Gasteiger charge is -2.23. The Balaban J connectivity index is 1.92. The molecule has 32 heavy (non-hydrogen) atoms. The molecule has 0 aliphatic carbocycles. The molecule has 0 radical (unpaired) electrons. The third-order valence-electron chi connectivity index (χ3n) is 5.07. The highest BCUT2D eigenvalue weighted by molar-refractivity contribution is 7.99. The van der Waals surface area contributed by atoms with Crippen molar-refractivity contribution in [3.63, 3.8) is 0 Å². The monoisotopic (exact) mass is 466 g/mol. The molecule has 6 nitrogen and oxygen atoms in total. The highest BCUT2D eigenvalue weighted by Crippen LogP contribution is 2.24. The van der Waals surface area contributed by atoms with E-state index in [2.05, 4.69) is 17.6 Å². The number of halogens is 1. The quantitative estimate of drug-likeness (QED) is 0.268. The number of aromatic nitrogens is 2. The van der Waals surface area contributed by atoms with Gasteiger partial charge in [-0.1, -0.05) is 35.5 Å². The van der Waals surface area contributed by atoms with Crippen molar-refractivity contribution in [3.8, 4) is 6.07 Å². The topological polar surface area (TPSA) is 79.0 Å². The summed E-state index contributed by atoms with van der Waals surface area (Å²) in [6, 6.07) is 12.8. The number of nitrogens with zero attached hydrogens (tertiary/aromatic N) is 4. The maximum Gasteiger partial charge on any atom is 0.262 e. The molecule has 164 valence electrons. The number of nitriles is 1. The van der Waals surface area contributed by atoms with Crippen LogP contribution in [0.2, 0.25) is 5.02 Å². The Kier molecular flexibility index (Phi) is 7.73. The zero-order valence-electron chi connectivity index (χ0n) is 18.0. The van der Waals surface area contributed by atoms with E-state index in [1.54, 1.807) is 29.2 Å². The van der Waals surface area contributed by atoms with Gasteiger partial charge in [-0.15, -0.1) is 6.58 Å². The Morgan fingerprint density at radius 3 is 2.75 bits per heavy atom. The van der Waals surface area contributed by atoms with Crippen LogP contribution in [0.3, 0.4) is 0 Å². The van der Waals surface area contributed by atoms with E-state index in [0.29, 0.717) is 27.6 Å². The average molecular weight is 467 g/mol. The number of hydrogen-bond acceptors (Lipinski definition) is 5. The molecule has 3 aromatic rings. The lowest BCUT2D eigenvalue weighted by Crippen LogP contribution is -2.33. The number of benzene rings is 2. The normalized spacial score (nSPS) is 10.7. The van der Waals surface area contributed by atoms with Crippen molar-refractivity contribution in [3.05, 3.63) is 75.6 Å². The number of allylic oxidation sites excluding steroid dienone is 1. The van der Waals surface area contributed by atoms with Gasteiger partial charge in [0.1, 0.15) is 0 Å². The summed E-state index contributed by atoms with van der Waals surface area (Å²) >= 11 is 7.26. The minimum Gasteiger partial charge on any atom is -0.311 e. The van der Waals surface area contributed by atoms with E-state index in [-0.39, 0.29) is 30.2 Å². The summed E-state index contributed by atoms with van der Waals surface area (Å²) in [6.45, 7) is 8.28. The van der Waals surface area contributed by atoms with Gasteiger partial charge in [-0.2, -0.15) is 5.26 Å². The molecule has 8 heteroatoms. The van der Waals surface area contributed by atoms with Crippen LogP contribution in [-0.2, 0) is 11.3 Å². The first-order valence-corrected chi connectivity index (χ1v) is 11.4. The standard InChI is InChI=1S/C24H23ClN4O2S/c1-4-11-29-23(31)20-9-7-18(25)14-21(20)27-24(29)32-15-22(30)28(12-5-10-26)19-8-6-16(2)17(3)13-19/h4,6-9,13-14H,1,5,11-12,15H2,2-3H3. The van der Waals surface area contributed by atoms with E-state index in [4.69, 9.17) is 16.9 Å². The van der Waals surface area contributed by atoms with E-state index >= 15 is 0 Å². The lowest BCUT2D eigenvalue weighted by molar-refractivity contribution is -0.116. The van der Waals surface area contributed by atoms with Gasteiger partial charge in [0.25, 0.3) is 5.56 Å². The third-order valence-corrected chi connectivity index (χ3v) is 6.27. The van der Waals surface area contributed by atoms with Gasteiger partial charge >= 0.3 is 0 Å². The number of fused-ring (bicyclic) bond motifs is 1. The molecule has 1 aromatic heterocycles. The molecule has 0 atom stereocenters. The number of rotatable bonds is 8. The smallest absolute Gasteiger partial charge is 0.262 e. The van der Waals surface area contributed by atoms with Gasteiger partial charge in [0, 0.05) is 23.8 Å². The molecule has 0 aliphatic heterocycles. The minimum atomic E-state index is -0.211. The Morgan fingerprint density at radius 1 is 1.28 bits per heavy atom. The Morgan fingerprint density at radius 2 is 2.06 bits per heavy atom. The average Bonchev–Trinajstić information content (AvgIpc) is 2.77. The van der Waals surface area contributed by atoms with Crippen molar-refractivity contribution >= 4 is 45.9 Å². The summed E-state index contributed by atoms with van der Waals surface area (Å²) in [7, 11) is 0. The van der Waals surface area contributed by atoms with Gasteiger partial charge in [-0.25, -0.2) is 4.98 Å². The highest BCUT2D eigenvalue weighted by atomic mass is 35.5. The fourth-order valence-electron chi connectivity index (χ4n) is 3.23. The fourth-order valence-corrected chi connectivity index (χ4v) is 4.28. The molecule has 3 rings (SSSR count). The Hall–Kier alpha value is -3.08. The molecule has 2 aromatic carbocycles. The summed E-state index contributed by atoms with van der Waals surface area (Å²) in [6.07, 6.45) is 1.84. The second kappa shape index (κ2) is 10.5. The maximum atomic E-state index is 13.1. The van der Waals surface area contributed by atoms with Crippen molar-refractivity contribution in [1.29, 1.82) is 5.26 Å². The first-order chi connectivity index (χ1) is 15.3. The summed E-state index contributed by atoms with van der Waals surface area (Å²) in [5, 5.41) is 10.4. The Labute approximate surface area is 196 Å². The van der Waals surface area contributed by atoms with E-state index in [0.717, 1.165) is 16.8 Å². The molecule has 0 spiro atoms. The molecule has 0 bridgehead atoms. The van der Waals surface area contributed by atoms with Gasteiger partial charge in [0.2, 0.25) is 5.91 Å². The molecule has 0 saturated carbocycles. The molecular weight excluding hydrogens is 444 g/mol. The minimum absolute atomic E-state index is 0.0635. The number of hydrogen-bond donors (Lipinski definition) is 0. The first-order valence-electron chi connectivity index (χ1n) is 10.0. The number of carbonyl (C=O) groups is 1. The molecule has 0 unspecified atom stereocenters. The van der Waals surface area contributed by atoms with Crippen molar-refractivity contribution in [2.45, 2.75) is 32.0 Å². The predicted octanol–water partition coefficient (Wildman–Crippen LogP) is 4.89. The molecule has 0 fully saturated rings. The first kappa shape index (κ1) is 23.6. The molecular formula is C24H23ClN4O2S. The number of carbonyl (C=O) groups excluding carboxylic acids is 1. The number of thioether (sulfide) groups is 1. The second-order valence-electron chi connectivity index (χ2n) is 7.27. The van der Waals surface area contributed by atoms with Crippen LogP contribution >= 0.6 is 23.4 Å². The third kappa shape index (κ3) is 5.21. The molecule has 1 amide bonds. The second-order valence-corrected chi connectivity index (χ2v) is 8.65. The van der Waals surface area contributed by atoms with Gasteiger partial charge < -0.3 is 4.90 Å². The van der Waals surface area contributed by atoms with Crippen LogP contribution in [-0.4, -0.2) is 27.8 Å². The van der Waals surface area contributed by atoms with Gasteiger partial charge in [0.15, 0.2) is 5.16 Å². The number of aryl methyl sites for hydroxylation is 2. The van der Waals surface area contributed by atoms with Crippen LogP contribution in [0.15, 0.2) is 59.0 Å². The van der Waals surface area contributed by atoms with Crippen LogP contribution < -0.4 is 10.5 Å². The van der Waals surface area contributed by atoms with Crippen LogP contribution in [0.5, 0.6) is 0 Å². The summed E-state index contributed by atoms with van der Waals surface area (Å²) in [5.41, 5.74) is 3.21. The van der Waals surface area contributed by atoms with E-state index in [9.17, 15) is 9.59 Å². The zero-order valence-corrected chi connectivity index (χ0v) is 19.5. The van der Waals surface area contributed by atoms with Crippen molar-refractivity contribution in [1.82, 2.24) is 9.55 Å².